The lowest BCUT2D eigenvalue weighted by molar-refractivity contribution is 0.102. The van der Waals surface area contributed by atoms with Gasteiger partial charge in [-0.15, -0.1) is 5.10 Å². The molecule has 18 heavy (non-hydrogen) atoms. The van der Waals surface area contributed by atoms with Crippen LogP contribution in [-0.4, -0.2) is 21.1 Å². The molecule has 92 valence electrons. The van der Waals surface area contributed by atoms with Gasteiger partial charge in [0, 0.05) is 0 Å². The van der Waals surface area contributed by atoms with Crippen molar-refractivity contribution in [1.29, 1.82) is 0 Å². The molecule has 0 saturated heterocycles. The van der Waals surface area contributed by atoms with Crippen molar-refractivity contribution in [2.24, 2.45) is 0 Å². The quantitative estimate of drug-likeness (QED) is 0.918. The van der Waals surface area contributed by atoms with Gasteiger partial charge in [0.05, 0.1) is 16.2 Å². The number of hydrogen-bond acceptors (Lipinski definition) is 4. The lowest BCUT2D eigenvalue weighted by Crippen LogP contribution is -2.15. The largest absolute Gasteiger partial charge is 0.305 e. The van der Waals surface area contributed by atoms with Crippen molar-refractivity contribution >= 4 is 39.3 Å². The molecule has 0 unspecified atom stereocenters. The molecule has 1 aromatic heterocycles. The van der Waals surface area contributed by atoms with Gasteiger partial charge in [-0.25, -0.2) is 4.39 Å². The van der Waals surface area contributed by atoms with E-state index in [0.717, 1.165) is 0 Å². The number of nitrogens with zero attached hydrogens (tertiary/aromatic N) is 3. The number of carbonyl (C=O) groups is 1. The first-order chi connectivity index (χ1) is 8.58. The maximum atomic E-state index is 13.7. The van der Waals surface area contributed by atoms with Crippen LogP contribution < -0.4 is 5.32 Å². The van der Waals surface area contributed by atoms with E-state index in [1.165, 1.54) is 18.3 Å². The van der Waals surface area contributed by atoms with Gasteiger partial charge in [0.15, 0.2) is 5.82 Å². The van der Waals surface area contributed by atoms with Crippen LogP contribution in [0.2, 0.25) is 5.28 Å². The third kappa shape index (κ3) is 2.80. The summed E-state index contributed by atoms with van der Waals surface area (Å²) in [7, 11) is 0. The molecule has 1 heterocycles. The van der Waals surface area contributed by atoms with Gasteiger partial charge < -0.3 is 5.32 Å². The Morgan fingerprint density at radius 1 is 1.44 bits per heavy atom. The smallest absolute Gasteiger partial charge is 0.259 e. The van der Waals surface area contributed by atoms with E-state index in [2.05, 4.69) is 36.4 Å². The fourth-order valence-corrected chi connectivity index (χ4v) is 1.71. The normalized spacial score (nSPS) is 10.2. The third-order valence-electron chi connectivity index (χ3n) is 1.97. The maximum absolute atomic E-state index is 13.7. The SMILES string of the molecule is O=C(Nc1cnnc(Cl)n1)c1cccc(Br)c1F. The number of nitrogens with one attached hydrogen (secondary N) is 1. The van der Waals surface area contributed by atoms with Gasteiger partial charge in [-0.05, 0) is 39.7 Å². The van der Waals surface area contributed by atoms with Crippen LogP contribution in [0.15, 0.2) is 28.9 Å². The summed E-state index contributed by atoms with van der Waals surface area (Å²) in [6.45, 7) is 0. The van der Waals surface area contributed by atoms with Crippen molar-refractivity contribution in [3.05, 3.63) is 45.5 Å². The average Bonchev–Trinajstić information content (AvgIpc) is 2.32. The predicted molar refractivity (Wildman–Crippen MR) is 66.9 cm³/mol. The minimum Gasteiger partial charge on any atom is -0.305 e. The van der Waals surface area contributed by atoms with Crippen LogP contribution in [0.25, 0.3) is 0 Å². The van der Waals surface area contributed by atoms with Crippen LogP contribution in [0.1, 0.15) is 10.4 Å². The van der Waals surface area contributed by atoms with Crippen LogP contribution >= 0.6 is 27.5 Å². The summed E-state index contributed by atoms with van der Waals surface area (Å²) in [6.07, 6.45) is 1.21. The van der Waals surface area contributed by atoms with Gasteiger partial charge in [0.25, 0.3) is 5.91 Å². The van der Waals surface area contributed by atoms with Crippen LogP contribution in [0.4, 0.5) is 10.2 Å². The van der Waals surface area contributed by atoms with Crippen molar-refractivity contribution in [2.75, 3.05) is 5.32 Å². The van der Waals surface area contributed by atoms with Gasteiger partial charge in [0.2, 0.25) is 5.28 Å². The van der Waals surface area contributed by atoms with E-state index >= 15 is 0 Å². The number of amides is 1. The van der Waals surface area contributed by atoms with Crippen molar-refractivity contribution in [3.8, 4) is 0 Å². The first-order valence-corrected chi connectivity index (χ1v) is 5.85. The summed E-state index contributed by atoms with van der Waals surface area (Å²) in [6, 6.07) is 4.40. The highest BCUT2D eigenvalue weighted by atomic mass is 79.9. The number of halogens is 3. The molecule has 1 amide bonds. The Labute approximate surface area is 115 Å². The highest BCUT2D eigenvalue weighted by Crippen LogP contribution is 2.19. The molecule has 8 heteroatoms. The van der Waals surface area contributed by atoms with Crippen molar-refractivity contribution in [2.45, 2.75) is 0 Å². The van der Waals surface area contributed by atoms with Crippen molar-refractivity contribution in [3.63, 3.8) is 0 Å². The lowest BCUT2D eigenvalue weighted by Gasteiger charge is -2.05. The molecule has 0 aliphatic heterocycles. The van der Waals surface area contributed by atoms with E-state index in [1.807, 2.05) is 0 Å². The number of carbonyl (C=O) groups excluding carboxylic acids is 1. The van der Waals surface area contributed by atoms with Gasteiger partial charge >= 0.3 is 0 Å². The Bertz CT molecular complexity index is 610. The van der Waals surface area contributed by atoms with Crippen LogP contribution in [0.3, 0.4) is 0 Å². The van der Waals surface area contributed by atoms with Crippen LogP contribution in [0.5, 0.6) is 0 Å². The second-order valence-corrected chi connectivity index (χ2v) is 4.36. The summed E-state index contributed by atoms with van der Waals surface area (Å²) < 4.78 is 13.9. The Hall–Kier alpha value is -1.60. The Balaban J connectivity index is 2.25. The minimum atomic E-state index is -0.650. The number of anilines is 1. The first kappa shape index (κ1) is 12.8. The zero-order chi connectivity index (χ0) is 13.1. The highest BCUT2D eigenvalue weighted by molar-refractivity contribution is 9.10. The third-order valence-corrected chi connectivity index (χ3v) is 2.74. The molecule has 0 radical (unpaired) electrons. The standard InChI is InChI=1S/C10H5BrClFN4O/c11-6-3-1-2-5(8(6)13)9(18)15-7-4-14-17-10(12)16-7/h1-4H,(H,15,16,17,18). The summed E-state index contributed by atoms with van der Waals surface area (Å²) in [4.78, 5) is 15.5. The van der Waals surface area contributed by atoms with Crippen LogP contribution in [0, 0.1) is 5.82 Å². The molecule has 1 N–H and O–H groups in total. The van der Waals surface area contributed by atoms with E-state index in [-0.39, 0.29) is 21.1 Å². The van der Waals surface area contributed by atoms with E-state index in [1.54, 1.807) is 6.07 Å². The highest BCUT2D eigenvalue weighted by Gasteiger charge is 2.14. The molecule has 2 aromatic rings. The molecule has 5 nitrogen and oxygen atoms in total. The molecule has 0 bridgehead atoms. The topological polar surface area (TPSA) is 67.8 Å². The second kappa shape index (κ2) is 5.36. The summed E-state index contributed by atoms with van der Waals surface area (Å²) >= 11 is 8.51. The minimum absolute atomic E-state index is 0.0966. The molecule has 0 atom stereocenters. The number of rotatable bonds is 2. The lowest BCUT2D eigenvalue weighted by atomic mass is 10.2. The molecule has 0 aliphatic carbocycles. The Kier molecular flexibility index (Phi) is 3.83. The Morgan fingerprint density at radius 3 is 2.94 bits per heavy atom. The number of hydrogen-bond donors (Lipinski definition) is 1. The predicted octanol–water partition coefficient (Wildman–Crippen LogP) is 2.68. The fraction of sp³-hybridized carbons (Fsp3) is 0. The van der Waals surface area contributed by atoms with Gasteiger partial charge in [-0.3, -0.25) is 4.79 Å². The molecule has 1 aromatic carbocycles. The zero-order valence-corrected chi connectivity index (χ0v) is 11.0. The fourth-order valence-electron chi connectivity index (χ4n) is 1.20. The molecular weight excluding hydrogens is 326 g/mol. The van der Waals surface area contributed by atoms with E-state index in [0.29, 0.717) is 0 Å². The van der Waals surface area contributed by atoms with E-state index < -0.39 is 11.7 Å². The summed E-state index contributed by atoms with van der Waals surface area (Å²) in [5.41, 5.74) is -0.112. The zero-order valence-electron chi connectivity index (χ0n) is 8.69. The molecular formula is C10H5BrClFN4O. The summed E-state index contributed by atoms with van der Waals surface area (Å²) in [5, 5.41) is 9.19. The maximum Gasteiger partial charge on any atom is 0.259 e. The average molecular weight is 332 g/mol. The first-order valence-electron chi connectivity index (χ1n) is 4.68. The molecule has 2 rings (SSSR count). The monoisotopic (exact) mass is 330 g/mol. The number of aromatic nitrogens is 3. The molecule has 0 saturated carbocycles. The molecule has 0 aliphatic rings. The van der Waals surface area contributed by atoms with E-state index in [9.17, 15) is 9.18 Å². The van der Waals surface area contributed by atoms with Crippen molar-refractivity contribution < 1.29 is 9.18 Å². The summed E-state index contributed by atoms with van der Waals surface area (Å²) in [5.74, 6) is -1.20. The number of benzene rings is 1. The van der Waals surface area contributed by atoms with Gasteiger partial charge in [-0.1, -0.05) is 6.07 Å². The Morgan fingerprint density at radius 2 is 2.22 bits per heavy atom. The van der Waals surface area contributed by atoms with Crippen LogP contribution in [-0.2, 0) is 0 Å². The van der Waals surface area contributed by atoms with E-state index in [4.69, 9.17) is 11.6 Å². The second-order valence-electron chi connectivity index (χ2n) is 3.17. The van der Waals surface area contributed by atoms with Gasteiger partial charge in [-0.2, -0.15) is 10.1 Å². The van der Waals surface area contributed by atoms with Gasteiger partial charge in [0.1, 0.15) is 5.82 Å². The molecule has 0 spiro atoms. The molecule has 0 fully saturated rings. The van der Waals surface area contributed by atoms with Crippen molar-refractivity contribution in [1.82, 2.24) is 15.2 Å².